The Hall–Kier alpha value is -4.91. The Kier molecular flexibility index (Phi) is 10.5. The van der Waals surface area contributed by atoms with Crippen molar-refractivity contribution in [3.8, 4) is 5.75 Å². The molecule has 7 heteroatoms. The number of nitrogens with zero attached hydrogens (tertiary/aromatic N) is 1. The van der Waals surface area contributed by atoms with Gasteiger partial charge < -0.3 is 19.7 Å². The number of hydrogen-bond donors (Lipinski definition) is 1. The number of anilines is 2. The van der Waals surface area contributed by atoms with Crippen LogP contribution in [-0.4, -0.2) is 44.0 Å². The van der Waals surface area contributed by atoms with Gasteiger partial charge in [0.2, 0.25) is 5.91 Å². The SMILES string of the molecule is COC(=O)C(Cc1ccc(OCCN(C(=O)C(C)C)c2ccccc2)cc1)Nc1ccccc1C(=O)c1ccccc1. The minimum atomic E-state index is -0.715. The fourth-order valence-electron chi connectivity index (χ4n) is 4.57. The van der Waals surface area contributed by atoms with Crippen LogP contribution in [0, 0.1) is 5.92 Å². The van der Waals surface area contributed by atoms with Crippen LogP contribution in [0.1, 0.15) is 35.3 Å². The molecule has 1 amide bonds. The van der Waals surface area contributed by atoms with Crippen LogP contribution >= 0.6 is 0 Å². The van der Waals surface area contributed by atoms with Crippen LogP contribution in [0.25, 0.3) is 0 Å². The van der Waals surface area contributed by atoms with E-state index in [0.717, 1.165) is 11.3 Å². The van der Waals surface area contributed by atoms with Crippen LogP contribution in [-0.2, 0) is 20.7 Å². The van der Waals surface area contributed by atoms with Gasteiger partial charge in [-0.15, -0.1) is 0 Å². The number of methoxy groups -OCH3 is 1. The Morgan fingerprint density at radius 2 is 1.40 bits per heavy atom. The lowest BCUT2D eigenvalue weighted by molar-refractivity contribution is -0.141. The number of benzene rings is 4. The lowest BCUT2D eigenvalue weighted by atomic mass is 10.00. The summed E-state index contributed by atoms with van der Waals surface area (Å²) < 4.78 is 11.0. The maximum atomic E-state index is 13.2. The van der Waals surface area contributed by atoms with E-state index in [4.69, 9.17) is 9.47 Å². The third-order valence-electron chi connectivity index (χ3n) is 6.80. The zero-order valence-electron chi connectivity index (χ0n) is 24.2. The van der Waals surface area contributed by atoms with Gasteiger partial charge in [0.05, 0.1) is 13.7 Å². The van der Waals surface area contributed by atoms with Crippen LogP contribution in [0.2, 0.25) is 0 Å². The van der Waals surface area contributed by atoms with Crippen molar-refractivity contribution in [3.63, 3.8) is 0 Å². The zero-order chi connectivity index (χ0) is 29.9. The predicted octanol–water partition coefficient (Wildman–Crippen LogP) is 6.18. The number of carbonyl (C=O) groups excluding carboxylic acids is 3. The van der Waals surface area contributed by atoms with Crippen molar-refractivity contribution in [2.75, 3.05) is 30.5 Å². The molecule has 1 N–H and O–H groups in total. The van der Waals surface area contributed by atoms with Gasteiger partial charge in [-0.25, -0.2) is 4.79 Å². The van der Waals surface area contributed by atoms with E-state index in [2.05, 4.69) is 5.32 Å². The molecule has 0 saturated heterocycles. The smallest absolute Gasteiger partial charge is 0.328 e. The number of hydrogen-bond acceptors (Lipinski definition) is 6. The molecule has 216 valence electrons. The van der Waals surface area contributed by atoms with Crippen molar-refractivity contribution in [1.82, 2.24) is 0 Å². The average molecular weight is 565 g/mol. The molecule has 0 saturated carbocycles. The van der Waals surface area contributed by atoms with Gasteiger partial charge in [0.1, 0.15) is 18.4 Å². The Balaban J connectivity index is 1.41. The number of carbonyl (C=O) groups is 3. The molecule has 0 heterocycles. The quantitative estimate of drug-likeness (QED) is 0.154. The molecule has 0 bridgehead atoms. The molecule has 0 spiro atoms. The topological polar surface area (TPSA) is 84.9 Å². The van der Waals surface area contributed by atoms with E-state index in [1.807, 2.05) is 92.7 Å². The lowest BCUT2D eigenvalue weighted by Crippen LogP contribution is -2.37. The second kappa shape index (κ2) is 14.6. The summed E-state index contributed by atoms with van der Waals surface area (Å²) >= 11 is 0. The number of amides is 1. The fraction of sp³-hybridized carbons (Fsp3) is 0.229. The predicted molar refractivity (Wildman–Crippen MR) is 165 cm³/mol. The summed E-state index contributed by atoms with van der Waals surface area (Å²) in [6.07, 6.45) is 0.339. The van der Waals surface area contributed by atoms with E-state index in [1.165, 1.54) is 7.11 Å². The summed E-state index contributed by atoms with van der Waals surface area (Å²) in [4.78, 5) is 40.4. The van der Waals surface area contributed by atoms with Gasteiger partial charge in [-0.2, -0.15) is 0 Å². The number of rotatable bonds is 13. The third kappa shape index (κ3) is 7.85. The summed E-state index contributed by atoms with van der Waals surface area (Å²) in [5.41, 5.74) is 3.32. The highest BCUT2D eigenvalue weighted by atomic mass is 16.5. The molecular formula is C35H36N2O5. The number of ether oxygens (including phenoxy) is 2. The van der Waals surface area contributed by atoms with Gasteiger partial charge in [-0.1, -0.05) is 86.6 Å². The van der Waals surface area contributed by atoms with Crippen LogP contribution < -0.4 is 15.0 Å². The molecule has 7 nitrogen and oxygen atoms in total. The van der Waals surface area contributed by atoms with Gasteiger partial charge in [-0.3, -0.25) is 9.59 Å². The van der Waals surface area contributed by atoms with Crippen LogP contribution in [0.4, 0.5) is 11.4 Å². The molecule has 4 aromatic rings. The minimum Gasteiger partial charge on any atom is -0.492 e. The van der Waals surface area contributed by atoms with Crippen molar-refractivity contribution < 1.29 is 23.9 Å². The third-order valence-corrected chi connectivity index (χ3v) is 6.80. The molecular weight excluding hydrogens is 528 g/mol. The van der Waals surface area contributed by atoms with Crippen molar-refractivity contribution in [2.24, 2.45) is 5.92 Å². The second-order valence-electron chi connectivity index (χ2n) is 10.1. The maximum absolute atomic E-state index is 13.2. The van der Waals surface area contributed by atoms with Crippen LogP contribution in [0.3, 0.4) is 0 Å². The first-order valence-corrected chi connectivity index (χ1v) is 14.0. The average Bonchev–Trinajstić information content (AvgIpc) is 3.03. The number of ketones is 1. The monoisotopic (exact) mass is 564 g/mol. The summed E-state index contributed by atoms with van der Waals surface area (Å²) in [7, 11) is 1.34. The molecule has 42 heavy (non-hydrogen) atoms. The second-order valence-corrected chi connectivity index (χ2v) is 10.1. The van der Waals surface area contributed by atoms with Gasteiger partial charge in [0, 0.05) is 34.8 Å². The summed E-state index contributed by atoms with van der Waals surface area (Å²) in [6, 6.07) is 32.5. The summed E-state index contributed by atoms with van der Waals surface area (Å²) in [5.74, 6) is -0.0131. The molecule has 0 aliphatic heterocycles. The van der Waals surface area contributed by atoms with E-state index in [0.29, 0.717) is 42.1 Å². The largest absolute Gasteiger partial charge is 0.492 e. The molecule has 1 atom stereocenters. The number of nitrogens with one attached hydrogen (secondary N) is 1. The van der Waals surface area contributed by atoms with Crippen molar-refractivity contribution in [1.29, 1.82) is 0 Å². The Morgan fingerprint density at radius 1 is 0.786 bits per heavy atom. The van der Waals surface area contributed by atoms with E-state index in [1.54, 1.807) is 35.2 Å². The Labute approximate surface area is 247 Å². The first-order valence-electron chi connectivity index (χ1n) is 14.0. The van der Waals surface area contributed by atoms with Crippen molar-refractivity contribution >= 4 is 29.0 Å². The summed E-state index contributed by atoms with van der Waals surface area (Å²) in [6.45, 7) is 4.51. The Bertz CT molecular complexity index is 1470. The van der Waals surface area contributed by atoms with Crippen LogP contribution in [0.5, 0.6) is 5.75 Å². The minimum absolute atomic E-state index is 0.0357. The van der Waals surface area contributed by atoms with Crippen molar-refractivity contribution in [3.05, 3.63) is 126 Å². The normalized spacial score (nSPS) is 11.4. The van der Waals surface area contributed by atoms with E-state index in [-0.39, 0.29) is 17.6 Å². The van der Waals surface area contributed by atoms with E-state index in [9.17, 15) is 14.4 Å². The zero-order valence-corrected chi connectivity index (χ0v) is 24.2. The molecule has 1 unspecified atom stereocenters. The highest BCUT2D eigenvalue weighted by Crippen LogP contribution is 2.23. The highest BCUT2D eigenvalue weighted by Gasteiger charge is 2.23. The molecule has 0 fully saturated rings. The van der Waals surface area contributed by atoms with Gasteiger partial charge in [-0.05, 0) is 42.0 Å². The van der Waals surface area contributed by atoms with Gasteiger partial charge >= 0.3 is 5.97 Å². The lowest BCUT2D eigenvalue weighted by Gasteiger charge is -2.24. The molecule has 0 radical (unpaired) electrons. The molecule has 4 rings (SSSR count). The standard InChI is InChI=1S/C35H36N2O5/c1-25(2)34(39)37(28-14-8-5-9-15-28)22-23-42-29-20-18-26(19-21-29)24-32(35(40)41-3)36-31-17-11-10-16-30(31)33(38)27-12-6-4-7-13-27/h4-21,25,32,36H,22-24H2,1-3H3. The number of esters is 1. The maximum Gasteiger partial charge on any atom is 0.328 e. The van der Waals surface area contributed by atoms with Crippen LogP contribution in [0.15, 0.2) is 109 Å². The van der Waals surface area contributed by atoms with Gasteiger partial charge in [0.15, 0.2) is 5.78 Å². The fourth-order valence-corrected chi connectivity index (χ4v) is 4.57. The number of para-hydroxylation sites is 2. The van der Waals surface area contributed by atoms with Gasteiger partial charge in [0.25, 0.3) is 0 Å². The summed E-state index contributed by atoms with van der Waals surface area (Å²) in [5, 5.41) is 3.23. The van der Waals surface area contributed by atoms with E-state index >= 15 is 0 Å². The van der Waals surface area contributed by atoms with E-state index < -0.39 is 12.0 Å². The van der Waals surface area contributed by atoms with Crippen molar-refractivity contribution in [2.45, 2.75) is 26.3 Å². The Morgan fingerprint density at radius 3 is 2.05 bits per heavy atom. The molecule has 0 aromatic heterocycles. The molecule has 0 aliphatic rings. The first kappa shape index (κ1) is 30.1. The first-order chi connectivity index (χ1) is 20.4. The molecule has 0 aliphatic carbocycles. The molecule has 4 aromatic carbocycles. The highest BCUT2D eigenvalue weighted by molar-refractivity contribution is 6.12.